The summed E-state index contributed by atoms with van der Waals surface area (Å²) in [6.07, 6.45) is 0. The van der Waals surface area contributed by atoms with Crippen molar-refractivity contribution in [2.24, 2.45) is 0 Å². The van der Waals surface area contributed by atoms with Crippen LogP contribution in [0.3, 0.4) is 0 Å². The Labute approximate surface area is 321 Å². The molecule has 0 fully saturated rings. The Morgan fingerprint density at radius 3 is 1.22 bits per heavy atom. The zero-order valence-corrected chi connectivity index (χ0v) is 30.1. The third-order valence-corrected chi connectivity index (χ3v) is 10.4. The fourth-order valence-corrected chi connectivity index (χ4v) is 7.86. The number of anilines is 6. The maximum Gasteiger partial charge on any atom is 0.135 e. The molecule has 55 heavy (non-hydrogen) atoms. The number of nitrogens with zero attached hydrogens (tertiary/aromatic N) is 2. The monoisotopic (exact) mass is 704 g/mol. The van der Waals surface area contributed by atoms with E-state index in [9.17, 15) is 0 Å². The second-order valence-electron chi connectivity index (χ2n) is 13.8. The average Bonchev–Trinajstić information content (AvgIpc) is 3.26. The van der Waals surface area contributed by atoms with E-state index in [2.05, 4.69) is 228 Å². The second-order valence-corrected chi connectivity index (χ2v) is 13.8. The fourth-order valence-electron chi connectivity index (χ4n) is 7.86. The van der Waals surface area contributed by atoms with E-state index in [1.807, 2.05) is 0 Å². The summed E-state index contributed by atoms with van der Waals surface area (Å²) >= 11 is 0. The molecular weight excluding hydrogens is 669 g/mol. The Kier molecular flexibility index (Phi) is 8.16. The van der Waals surface area contributed by atoms with Crippen LogP contribution in [0.1, 0.15) is 0 Å². The van der Waals surface area contributed by atoms with Crippen LogP contribution in [0, 0.1) is 0 Å². The summed E-state index contributed by atoms with van der Waals surface area (Å²) in [6, 6.07) is 77.2. The maximum absolute atomic E-state index is 6.71. The predicted molar refractivity (Wildman–Crippen MR) is 230 cm³/mol. The molecule has 0 radical (unpaired) electrons. The summed E-state index contributed by atoms with van der Waals surface area (Å²) in [6.45, 7) is 0. The van der Waals surface area contributed by atoms with Gasteiger partial charge < -0.3 is 14.5 Å². The van der Waals surface area contributed by atoms with Crippen LogP contribution in [0.15, 0.2) is 218 Å². The van der Waals surface area contributed by atoms with Crippen molar-refractivity contribution in [3.63, 3.8) is 0 Å². The molecule has 0 unspecified atom stereocenters. The molecule has 0 aromatic heterocycles. The first-order valence-corrected chi connectivity index (χ1v) is 18.7. The van der Waals surface area contributed by atoms with E-state index in [-0.39, 0.29) is 0 Å². The van der Waals surface area contributed by atoms with E-state index in [4.69, 9.17) is 4.74 Å². The van der Waals surface area contributed by atoms with Gasteiger partial charge in [-0.05, 0) is 124 Å². The van der Waals surface area contributed by atoms with Crippen LogP contribution < -0.4 is 14.5 Å². The summed E-state index contributed by atoms with van der Waals surface area (Å²) < 4.78 is 6.71. The number of ether oxygens (including phenoxy) is 1. The molecule has 0 saturated carbocycles. The third-order valence-electron chi connectivity index (χ3n) is 10.4. The summed E-state index contributed by atoms with van der Waals surface area (Å²) in [5, 5.41) is 2.32. The summed E-state index contributed by atoms with van der Waals surface area (Å²) in [7, 11) is 0. The van der Waals surface area contributed by atoms with E-state index in [1.165, 1.54) is 16.5 Å². The highest BCUT2D eigenvalue weighted by Crippen LogP contribution is 2.50. The van der Waals surface area contributed by atoms with Crippen LogP contribution in [0.4, 0.5) is 34.1 Å². The van der Waals surface area contributed by atoms with Gasteiger partial charge in [0.2, 0.25) is 0 Å². The third kappa shape index (κ3) is 5.98. The van der Waals surface area contributed by atoms with Crippen molar-refractivity contribution in [2.45, 2.75) is 0 Å². The number of benzene rings is 9. The molecule has 9 aromatic carbocycles. The zero-order chi connectivity index (χ0) is 36.6. The van der Waals surface area contributed by atoms with Crippen molar-refractivity contribution >= 4 is 44.9 Å². The molecule has 0 amide bonds. The van der Waals surface area contributed by atoms with Crippen molar-refractivity contribution in [1.82, 2.24) is 0 Å². The van der Waals surface area contributed by atoms with Gasteiger partial charge in [0.25, 0.3) is 0 Å². The molecule has 1 aliphatic rings. The fraction of sp³-hybridized carbons (Fsp3) is 0. The molecule has 3 nitrogen and oxygen atoms in total. The van der Waals surface area contributed by atoms with E-state index in [0.717, 1.165) is 73.3 Å². The summed E-state index contributed by atoms with van der Waals surface area (Å²) in [5.41, 5.74) is 13.6. The van der Waals surface area contributed by atoms with Crippen molar-refractivity contribution in [3.8, 4) is 44.9 Å². The van der Waals surface area contributed by atoms with Crippen molar-refractivity contribution in [2.75, 3.05) is 9.80 Å². The molecule has 0 atom stereocenters. The zero-order valence-electron chi connectivity index (χ0n) is 30.1. The first-order chi connectivity index (χ1) is 27.3. The molecule has 260 valence electrons. The van der Waals surface area contributed by atoms with Gasteiger partial charge in [0.05, 0.1) is 0 Å². The van der Waals surface area contributed by atoms with Crippen LogP contribution in [-0.4, -0.2) is 0 Å². The van der Waals surface area contributed by atoms with Gasteiger partial charge in [-0.3, -0.25) is 0 Å². The first kappa shape index (κ1) is 32.3. The summed E-state index contributed by atoms with van der Waals surface area (Å²) in [4.78, 5) is 4.57. The van der Waals surface area contributed by atoms with E-state index in [1.54, 1.807) is 0 Å². The minimum atomic E-state index is 0.871. The standard InChI is InChI=1S/C52H36N2O/c1-5-14-40(15-6-1)53(41-16-7-2-8-17-41)44-29-24-37(25-30-44)39-28-33-47-49-23-13-22-48-46(34-35-50(52(48)49)55-51(47)36-39)38-26-31-45(32-27-38)54(42-18-9-3-10-19-42)43-20-11-4-12-21-43/h1-36H. The predicted octanol–water partition coefficient (Wildman–Crippen LogP) is 14.9. The Balaban J connectivity index is 0.968. The molecule has 0 spiro atoms. The van der Waals surface area contributed by atoms with Gasteiger partial charge in [-0.1, -0.05) is 127 Å². The Morgan fingerprint density at radius 2 is 0.709 bits per heavy atom. The minimum absolute atomic E-state index is 0.871. The van der Waals surface area contributed by atoms with Crippen LogP contribution in [-0.2, 0) is 0 Å². The van der Waals surface area contributed by atoms with Crippen molar-refractivity contribution in [3.05, 3.63) is 218 Å². The van der Waals surface area contributed by atoms with Crippen molar-refractivity contribution in [1.29, 1.82) is 0 Å². The van der Waals surface area contributed by atoms with Crippen LogP contribution in [0.5, 0.6) is 11.5 Å². The number of hydrogen-bond donors (Lipinski definition) is 0. The van der Waals surface area contributed by atoms with Crippen LogP contribution in [0.25, 0.3) is 44.2 Å². The Hall–Kier alpha value is -7.36. The highest BCUT2D eigenvalue weighted by Gasteiger charge is 2.23. The van der Waals surface area contributed by atoms with Gasteiger partial charge in [-0.2, -0.15) is 0 Å². The van der Waals surface area contributed by atoms with Gasteiger partial charge >= 0.3 is 0 Å². The minimum Gasteiger partial charge on any atom is -0.456 e. The summed E-state index contributed by atoms with van der Waals surface area (Å²) in [5.74, 6) is 1.75. The highest BCUT2D eigenvalue weighted by molar-refractivity contribution is 6.10. The normalized spacial score (nSPS) is 11.4. The lowest BCUT2D eigenvalue weighted by atomic mass is 9.89. The van der Waals surface area contributed by atoms with E-state index in [0.29, 0.717) is 0 Å². The number of fused-ring (bicyclic) bond motifs is 2. The molecule has 0 saturated heterocycles. The molecule has 9 aromatic rings. The SMILES string of the molecule is c1ccc(N(c2ccccc2)c2ccc(-c3ccc4c(c3)Oc3ccc(-c5ccc(N(c6ccccc6)c6ccccc6)cc5)c5cccc-4c35)cc2)cc1. The largest absolute Gasteiger partial charge is 0.456 e. The number of rotatable bonds is 8. The molecule has 3 heteroatoms. The van der Waals surface area contributed by atoms with Gasteiger partial charge in [0.1, 0.15) is 11.5 Å². The van der Waals surface area contributed by atoms with Crippen LogP contribution >= 0.6 is 0 Å². The molecule has 1 heterocycles. The van der Waals surface area contributed by atoms with Gasteiger partial charge in [-0.15, -0.1) is 0 Å². The van der Waals surface area contributed by atoms with Gasteiger partial charge in [0, 0.05) is 45.1 Å². The van der Waals surface area contributed by atoms with Crippen molar-refractivity contribution < 1.29 is 4.74 Å². The quantitative estimate of drug-likeness (QED) is 0.157. The van der Waals surface area contributed by atoms with Gasteiger partial charge in [-0.25, -0.2) is 0 Å². The maximum atomic E-state index is 6.71. The molecule has 10 rings (SSSR count). The van der Waals surface area contributed by atoms with E-state index < -0.39 is 0 Å². The first-order valence-electron chi connectivity index (χ1n) is 18.7. The molecule has 0 bridgehead atoms. The smallest absolute Gasteiger partial charge is 0.135 e. The lowest BCUT2D eigenvalue weighted by molar-refractivity contribution is 0.487. The Bertz CT molecular complexity index is 2670. The number of hydrogen-bond acceptors (Lipinski definition) is 3. The van der Waals surface area contributed by atoms with Gasteiger partial charge in [0.15, 0.2) is 0 Å². The van der Waals surface area contributed by atoms with Crippen LogP contribution in [0.2, 0.25) is 0 Å². The lowest BCUT2D eigenvalue weighted by Gasteiger charge is -2.26. The average molecular weight is 705 g/mol. The van der Waals surface area contributed by atoms with E-state index >= 15 is 0 Å². The second kappa shape index (κ2) is 13.9. The Morgan fingerprint density at radius 1 is 0.273 bits per heavy atom. The number of para-hydroxylation sites is 4. The highest BCUT2D eigenvalue weighted by atomic mass is 16.5. The molecule has 0 aliphatic carbocycles. The topological polar surface area (TPSA) is 15.7 Å². The lowest BCUT2D eigenvalue weighted by Crippen LogP contribution is -2.09. The molecular formula is C52H36N2O. The molecule has 1 aliphatic heterocycles. The molecule has 0 N–H and O–H groups in total.